The summed E-state index contributed by atoms with van der Waals surface area (Å²) in [5, 5.41) is 10.3. The molecule has 104 valence electrons. The van der Waals surface area contributed by atoms with Crippen molar-refractivity contribution < 1.29 is 23.0 Å². The number of aliphatic hydroxyl groups is 1. The minimum absolute atomic E-state index is 0.0210. The minimum Gasteiger partial charge on any atom is -0.388 e. The maximum absolute atomic E-state index is 12.4. The Morgan fingerprint density at radius 2 is 1.79 bits per heavy atom. The third-order valence-electron chi connectivity index (χ3n) is 4.26. The van der Waals surface area contributed by atoms with Crippen molar-refractivity contribution in [1.82, 2.24) is 0 Å². The summed E-state index contributed by atoms with van der Waals surface area (Å²) >= 11 is 0. The van der Waals surface area contributed by atoms with E-state index in [4.69, 9.17) is 0 Å². The van der Waals surface area contributed by atoms with E-state index >= 15 is 0 Å². The highest BCUT2D eigenvalue weighted by Gasteiger charge is 2.49. The number of ether oxygens (including phenoxy) is 1. The first kappa shape index (κ1) is 12.9. The van der Waals surface area contributed by atoms with Crippen molar-refractivity contribution in [3.05, 3.63) is 35.4 Å². The van der Waals surface area contributed by atoms with E-state index in [-0.39, 0.29) is 5.92 Å². The molecule has 0 bridgehead atoms. The molecule has 0 amide bonds. The molecule has 2 aliphatic carbocycles. The molecule has 0 aromatic heterocycles. The molecule has 0 heterocycles. The second-order valence-corrected chi connectivity index (χ2v) is 5.29. The zero-order valence-electron chi connectivity index (χ0n) is 10.2. The zero-order chi connectivity index (χ0) is 13.6. The molecule has 1 aromatic carbocycles. The number of alkyl halides is 3. The van der Waals surface area contributed by atoms with Gasteiger partial charge in [0.05, 0.1) is 12.2 Å². The van der Waals surface area contributed by atoms with Crippen LogP contribution in [0.2, 0.25) is 0 Å². The van der Waals surface area contributed by atoms with Gasteiger partial charge in [-0.2, -0.15) is 0 Å². The maximum atomic E-state index is 12.4. The fraction of sp³-hybridized carbons (Fsp3) is 0.571. The lowest BCUT2D eigenvalue weighted by molar-refractivity contribution is -0.353. The largest absolute Gasteiger partial charge is 0.522 e. The van der Waals surface area contributed by atoms with E-state index in [9.17, 15) is 18.3 Å². The van der Waals surface area contributed by atoms with Gasteiger partial charge >= 0.3 is 6.36 Å². The van der Waals surface area contributed by atoms with Crippen molar-refractivity contribution in [3.8, 4) is 0 Å². The van der Waals surface area contributed by atoms with Crippen LogP contribution >= 0.6 is 0 Å². The Bertz CT molecular complexity index is 472. The van der Waals surface area contributed by atoms with Gasteiger partial charge in [-0.15, -0.1) is 13.2 Å². The number of rotatable bonds is 1. The second kappa shape index (κ2) is 4.49. The van der Waals surface area contributed by atoms with E-state index in [1.165, 1.54) is 0 Å². The maximum Gasteiger partial charge on any atom is 0.522 e. The van der Waals surface area contributed by atoms with Crippen molar-refractivity contribution in [2.45, 2.75) is 43.8 Å². The predicted molar refractivity (Wildman–Crippen MR) is 62.4 cm³/mol. The lowest BCUT2D eigenvalue weighted by Gasteiger charge is -2.35. The molecule has 19 heavy (non-hydrogen) atoms. The highest BCUT2D eigenvalue weighted by atomic mass is 19.4. The topological polar surface area (TPSA) is 29.5 Å². The standard InChI is InChI=1S/C14H15F3O2/c15-14(16,17)19-11-7-3-6-9-8-4-1-2-5-10(8)13(18)12(9)11/h1-2,4-5,9,11-13,18H,3,6-7H2. The van der Waals surface area contributed by atoms with Crippen molar-refractivity contribution in [2.75, 3.05) is 0 Å². The molecule has 1 saturated carbocycles. The lowest BCUT2D eigenvalue weighted by Crippen LogP contribution is -2.37. The summed E-state index contributed by atoms with van der Waals surface area (Å²) in [7, 11) is 0. The van der Waals surface area contributed by atoms with Gasteiger partial charge in [0.15, 0.2) is 0 Å². The van der Waals surface area contributed by atoms with Crippen LogP contribution in [0.4, 0.5) is 13.2 Å². The Kier molecular flexibility index (Phi) is 3.06. The molecule has 0 radical (unpaired) electrons. The van der Waals surface area contributed by atoms with Crippen molar-refractivity contribution in [2.24, 2.45) is 5.92 Å². The van der Waals surface area contributed by atoms with Gasteiger partial charge in [0.2, 0.25) is 0 Å². The molecule has 1 aromatic rings. The number of hydrogen-bond acceptors (Lipinski definition) is 2. The third-order valence-corrected chi connectivity index (χ3v) is 4.26. The second-order valence-electron chi connectivity index (χ2n) is 5.29. The first-order chi connectivity index (χ1) is 8.97. The molecule has 0 aliphatic heterocycles. The summed E-state index contributed by atoms with van der Waals surface area (Å²) < 4.78 is 41.6. The number of halogens is 3. The van der Waals surface area contributed by atoms with Crippen LogP contribution in [0.5, 0.6) is 0 Å². The summed E-state index contributed by atoms with van der Waals surface area (Å²) in [4.78, 5) is 0. The van der Waals surface area contributed by atoms with Crippen LogP contribution in [0.3, 0.4) is 0 Å². The number of aliphatic hydroxyl groups excluding tert-OH is 1. The Morgan fingerprint density at radius 1 is 1.11 bits per heavy atom. The average molecular weight is 272 g/mol. The molecule has 4 atom stereocenters. The Morgan fingerprint density at radius 3 is 2.47 bits per heavy atom. The van der Waals surface area contributed by atoms with Crippen LogP contribution in [0.1, 0.15) is 42.4 Å². The molecule has 0 spiro atoms. The van der Waals surface area contributed by atoms with Crippen LogP contribution < -0.4 is 0 Å². The van der Waals surface area contributed by atoms with Crippen molar-refractivity contribution >= 4 is 0 Å². The number of benzene rings is 1. The van der Waals surface area contributed by atoms with Crippen LogP contribution in [-0.2, 0) is 4.74 Å². The minimum atomic E-state index is -4.64. The molecule has 0 saturated heterocycles. The average Bonchev–Trinajstić information content (AvgIpc) is 2.63. The van der Waals surface area contributed by atoms with Crippen LogP contribution in [0.25, 0.3) is 0 Å². The summed E-state index contributed by atoms with van der Waals surface area (Å²) in [6.07, 6.45) is -4.57. The van der Waals surface area contributed by atoms with Gasteiger partial charge in [-0.3, -0.25) is 4.74 Å². The van der Waals surface area contributed by atoms with Gasteiger partial charge in [0.1, 0.15) is 0 Å². The molecule has 1 fully saturated rings. The highest BCUT2D eigenvalue weighted by molar-refractivity contribution is 5.39. The van der Waals surface area contributed by atoms with E-state index in [1.807, 2.05) is 12.1 Å². The van der Waals surface area contributed by atoms with E-state index < -0.39 is 24.5 Å². The number of fused-ring (bicyclic) bond motifs is 3. The van der Waals surface area contributed by atoms with Gasteiger partial charge in [-0.25, -0.2) is 0 Å². The van der Waals surface area contributed by atoms with E-state index in [0.717, 1.165) is 17.5 Å². The van der Waals surface area contributed by atoms with Crippen molar-refractivity contribution in [3.63, 3.8) is 0 Å². The Labute approximate surface area is 109 Å². The van der Waals surface area contributed by atoms with E-state index in [0.29, 0.717) is 12.8 Å². The fourth-order valence-corrected chi connectivity index (χ4v) is 3.60. The normalized spacial score (nSPS) is 33.9. The molecular formula is C14H15F3O2. The van der Waals surface area contributed by atoms with Crippen LogP contribution in [0.15, 0.2) is 24.3 Å². The van der Waals surface area contributed by atoms with Gasteiger partial charge in [-0.1, -0.05) is 30.7 Å². The van der Waals surface area contributed by atoms with Crippen LogP contribution in [0, 0.1) is 5.92 Å². The molecule has 4 unspecified atom stereocenters. The lowest BCUT2D eigenvalue weighted by atomic mass is 9.77. The summed E-state index contributed by atoms with van der Waals surface area (Å²) in [6, 6.07) is 7.36. The van der Waals surface area contributed by atoms with Crippen molar-refractivity contribution in [1.29, 1.82) is 0 Å². The Hall–Kier alpha value is -1.07. The van der Waals surface area contributed by atoms with Gasteiger partial charge in [-0.05, 0) is 29.9 Å². The SMILES string of the molecule is OC1c2ccccc2C2CCCC(OC(F)(F)F)C12. The highest BCUT2D eigenvalue weighted by Crippen LogP contribution is 2.53. The monoisotopic (exact) mass is 272 g/mol. The van der Waals surface area contributed by atoms with Gasteiger partial charge < -0.3 is 5.11 Å². The molecule has 1 N–H and O–H groups in total. The molecule has 5 heteroatoms. The zero-order valence-corrected chi connectivity index (χ0v) is 10.2. The molecule has 2 aliphatic rings. The number of hydrogen-bond donors (Lipinski definition) is 1. The van der Waals surface area contributed by atoms with Gasteiger partial charge in [0.25, 0.3) is 0 Å². The molecule has 3 rings (SSSR count). The van der Waals surface area contributed by atoms with E-state index in [2.05, 4.69) is 4.74 Å². The van der Waals surface area contributed by atoms with Crippen LogP contribution in [-0.4, -0.2) is 17.6 Å². The smallest absolute Gasteiger partial charge is 0.388 e. The Balaban J connectivity index is 1.91. The summed E-state index contributed by atoms with van der Waals surface area (Å²) in [6.45, 7) is 0. The third kappa shape index (κ3) is 2.25. The summed E-state index contributed by atoms with van der Waals surface area (Å²) in [5.41, 5.74) is 1.74. The first-order valence-electron chi connectivity index (χ1n) is 6.49. The quantitative estimate of drug-likeness (QED) is 0.847. The fourth-order valence-electron chi connectivity index (χ4n) is 3.60. The predicted octanol–water partition coefficient (Wildman–Crippen LogP) is 3.52. The van der Waals surface area contributed by atoms with Gasteiger partial charge in [0, 0.05) is 5.92 Å². The first-order valence-corrected chi connectivity index (χ1v) is 6.49. The molecule has 2 nitrogen and oxygen atoms in total. The van der Waals surface area contributed by atoms with E-state index in [1.54, 1.807) is 12.1 Å². The summed E-state index contributed by atoms with van der Waals surface area (Å²) in [5.74, 6) is -0.500. The molecular weight excluding hydrogens is 257 g/mol.